The van der Waals surface area contributed by atoms with E-state index in [2.05, 4.69) is 20.4 Å². The van der Waals surface area contributed by atoms with Crippen LogP contribution >= 0.6 is 0 Å². The number of pyridine rings is 2. The number of amides is 1. The molecule has 4 rings (SSSR count). The summed E-state index contributed by atoms with van der Waals surface area (Å²) in [6.07, 6.45) is 4.28. The summed E-state index contributed by atoms with van der Waals surface area (Å²) in [7, 11) is 1.84. The molecule has 0 aromatic carbocycles. The van der Waals surface area contributed by atoms with Crippen LogP contribution in [-0.4, -0.2) is 37.9 Å². The Bertz CT molecular complexity index is 1070. The van der Waals surface area contributed by atoms with Crippen molar-refractivity contribution in [3.05, 3.63) is 47.8 Å². The molecular formula is C21H23N5O3. The molecule has 0 saturated carbocycles. The Balaban J connectivity index is 1.62. The molecular weight excluding hydrogens is 370 g/mol. The largest absolute Gasteiger partial charge is 0.477 e. The Morgan fingerprint density at radius 3 is 2.90 bits per heavy atom. The highest BCUT2D eigenvalue weighted by Gasteiger charge is 2.33. The molecule has 0 atom stereocenters. The Labute approximate surface area is 168 Å². The maximum atomic E-state index is 13.0. The van der Waals surface area contributed by atoms with Crippen LogP contribution in [0.1, 0.15) is 36.7 Å². The molecule has 3 aromatic rings. The van der Waals surface area contributed by atoms with Crippen LogP contribution in [0, 0.1) is 0 Å². The highest BCUT2D eigenvalue weighted by Crippen LogP contribution is 2.36. The number of anilines is 1. The maximum absolute atomic E-state index is 13.0. The summed E-state index contributed by atoms with van der Waals surface area (Å²) in [6, 6.07) is 7.24. The lowest BCUT2D eigenvalue weighted by Crippen LogP contribution is -2.24. The molecule has 0 radical (unpaired) electrons. The lowest BCUT2D eigenvalue weighted by atomic mass is 10.0. The summed E-state index contributed by atoms with van der Waals surface area (Å²) in [6.45, 7) is 6.22. The van der Waals surface area contributed by atoms with Gasteiger partial charge in [-0.1, -0.05) is 6.07 Å². The van der Waals surface area contributed by atoms with Crippen LogP contribution in [0.4, 0.5) is 5.82 Å². The molecule has 8 heteroatoms. The van der Waals surface area contributed by atoms with Crippen molar-refractivity contribution in [1.29, 1.82) is 0 Å². The van der Waals surface area contributed by atoms with Crippen molar-refractivity contribution in [3.8, 4) is 23.0 Å². The molecule has 29 heavy (non-hydrogen) atoms. The molecule has 1 N–H and O–H groups in total. The Kier molecular flexibility index (Phi) is 4.70. The summed E-state index contributed by atoms with van der Waals surface area (Å²) in [5.74, 6) is 0.886. The van der Waals surface area contributed by atoms with E-state index >= 15 is 0 Å². The number of ether oxygens (including phenoxy) is 2. The zero-order valence-electron chi connectivity index (χ0n) is 16.9. The van der Waals surface area contributed by atoms with Crippen LogP contribution < -0.4 is 14.8 Å². The number of fused-ring (bicyclic) bond motifs is 1. The fourth-order valence-electron chi connectivity index (χ4n) is 3.31. The van der Waals surface area contributed by atoms with E-state index in [4.69, 9.17) is 9.47 Å². The van der Waals surface area contributed by atoms with Gasteiger partial charge in [-0.15, -0.1) is 0 Å². The van der Waals surface area contributed by atoms with E-state index in [0.717, 1.165) is 16.8 Å². The van der Waals surface area contributed by atoms with Crippen molar-refractivity contribution in [3.63, 3.8) is 0 Å². The number of nitrogens with zero attached hydrogens (tertiary/aromatic N) is 4. The fraction of sp³-hybridized carbons (Fsp3) is 0.333. The zero-order chi connectivity index (χ0) is 20.6. The third-order valence-corrected chi connectivity index (χ3v) is 4.53. The van der Waals surface area contributed by atoms with Gasteiger partial charge in [0, 0.05) is 30.8 Å². The van der Waals surface area contributed by atoms with Crippen LogP contribution in [0.25, 0.3) is 11.3 Å². The third-order valence-electron chi connectivity index (χ3n) is 4.53. The van der Waals surface area contributed by atoms with E-state index in [0.29, 0.717) is 30.3 Å². The first-order valence-corrected chi connectivity index (χ1v) is 9.48. The van der Waals surface area contributed by atoms with E-state index in [1.165, 1.54) is 0 Å². The van der Waals surface area contributed by atoms with Gasteiger partial charge in [-0.25, -0.2) is 4.98 Å². The Hall–Kier alpha value is -3.42. The van der Waals surface area contributed by atoms with Gasteiger partial charge in [-0.2, -0.15) is 10.1 Å². The van der Waals surface area contributed by atoms with Crippen molar-refractivity contribution in [1.82, 2.24) is 19.7 Å². The van der Waals surface area contributed by atoms with Crippen molar-refractivity contribution < 1.29 is 14.3 Å². The number of rotatable bonds is 5. The van der Waals surface area contributed by atoms with Gasteiger partial charge >= 0.3 is 0 Å². The SMILES string of the molecule is CCOc1nc2c(cc1C(=O)Nc1cccc(-c3cnn(C)c3)n1)CC(C)(C)O2. The fourth-order valence-corrected chi connectivity index (χ4v) is 3.31. The maximum Gasteiger partial charge on any atom is 0.262 e. The number of nitrogens with one attached hydrogen (secondary N) is 1. The number of aryl methyl sites for hydroxylation is 1. The van der Waals surface area contributed by atoms with E-state index in [9.17, 15) is 4.79 Å². The lowest BCUT2D eigenvalue weighted by Gasteiger charge is -2.16. The zero-order valence-corrected chi connectivity index (χ0v) is 16.9. The van der Waals surface area contributed by atoms with Gasteiger partial charge in [0.15, 0.2) is 0 Å². The molecule has 0 saturated heterocycles. The molecule has 4 heterocycles. The van der Waals surface area contributed by atoms with Crippen molar-refractivity contribution in [2.45, 2.75) is 32.8 Å². The van der Waals surface area contributed by atoms with Gasteiger partial charge in [-0.05, 0) is 39.0 Å². The topological polar surface area (TPSA) is 91.2 Å². The lowest BCUT2D eigenvalue weighted by molar-refractivity contribution is 0.102. The average Bonchev–Trinajstić information content (AvgIpc) is 3.22. The predicted molar refractivity (Wildman–Crippen MR) is 108 cm³/mol. The van der Waals surface area contributed by atoms with Gasteiger partial charge in [0.1, 0.15) is 17.0 Å². The molecule has 1 aliphatic heterocycles. The molecule has 1 amide bonds. The van der Waals surface area contributed by atoms with E-state index in [1.54, 1.807) is 23.0 Å². The second kappa shape index (κ2) is 7.20. The summed E-state index contributed by atoms with van der Waals surface area (Å²) >= 11 is 0. The number of carbonyl (C=O) groups is 1. The number of hydrogen-bond acceptors (Lipinski definition) is 6. The minimum Gasteiger partial charge on any atom is -0.477 e. The second-order valence-corrected chi connectivity index (χ2v) is 7.54. The minimum atomic E-state index is -0.354. The molecule has 0 aliphatic carbocycles. The monoisotopic (exact) mass is 393 g/mol. The Morgan fingerprint density at radius 2 is 2.17 bits per heavy atom. The summed E-state index contributed by atoms with van der Waals surface area (Å²) in [5, 5.41) is 7.01. The van der Waals surface area contributed by atoms with E-state index in [1.807, 2.05) is 46.1 Å². The third kappa shape index (κ3) is 3.91. The van der Waals surface area contributed by atoms with Crippen molar-refractivity contribution in [2.24, 2.45) is 7.05 Å². The van der Waals surface area contributed by atoms with Crippen LogP contribution in [0.15, 0.2) is 36.7 Å². The highest BCUT2D eigenvalue weighted by atomic mass is 16.5. The van der Waals surface area contributed by atoms with E-state index < -0.39 is 0 Å². The molecule has 3 aromatic heterocycles. The smallest absolute Gasteiger partial charge is 0.262 e. The first kappa shape index (κ1) is 18.9. The number of carbonyl (C=O) groups excluding carboxylic acids is 1. The van der Waals surface area contributed by atoms with Crippen molar-refractivity contribution >= 4 is 11.7 Å². The van der Waals surface area contributed by atoms with Crippen LogP contribution in [-0.2, 0) is 13.5 Å². The first-order valence-electron chi connectivity index (χ1n) is 9.48. The van der Waals surface area contributed by atoms with Gasteiger partial charge in [0.25, 0.3) is 5.91 Å². The van der Waals surface area contributed by atoms with Crippen molar-refractivity contribution in [2.75, 3.05) is 11.9 Å². The average molecular weight is 393 g/mol. The van der Waals surface area contributed by atoms with E-state index in [-0.39, 0.29) is 17.4 Å². The first-order chi connectivity index (χ1) is 13.8. The van der Waals surface area contributed by atoms with Gasteiger partial charge in [0.05, 0.1) is 18.5 Å². The molecule has 0 unspecified atom stereocenters. The quantitative estimate of drug-likeness (QED) is 0.716. The van der Waals surface area contributed by atoms with Crippen LogP contribution in [0.3, 0.4) is 0 Å². The van der Waals surface area contributed by atoms with Crippen LogP contribution in [0.5, 0.6) is 11.8 Å². The molecule has 8 nitrogen and oxygen atoms in total. The van der Waals surface area contributed by atoms with Crippen LogP contribution in [0.2, 0.25) is 0 Å². The molecule has 150 valence electrons. The molecule has 0 spiro atoms. The number of aromatic nitrogens is 4. The Morgan fingerprint density at radius 1 is 1.34 bits per heavy atom. The summed E-state index contributed by atoms with van der Waals surface area (Å²) in [5.41, 5.74) is 2.49. The summed E-state index contributed by atoms with van der Waals surface area (Å²) < 4.78 is 13.2. The van der Waals surface area contributed by atoms with Gasteiger partial charge < -0.3 is 14.8 Å². The highest BCUT2D eigenvalue weighted by molar-refractivity contribution is 6.05. The molecule has 1 aliphatic rings. The standard InChI is InChI=1S/C21H23N5O3/c1-5-28-20-15(9-13-10-21(2,3)29-19(13)25-20)18(27)24-17-8-6-7-16(23-17)14-11-22-26(4)12-14/h6-9,11-12H,5,10H2,1-4H3,(H,23,24,27). The second-order valence-electron chi connectivity index (χ2n) is 7.54. The normalized spacial score (nSPS) is 14.2. The number of hydrogen-bond donors (Lipinski definition) is 1. The molecule has 0 fully saturated rings. The minimum absolute atomic E-state index is 0.255. The van der Waals surface area contributed by atoms with Gasteiger partial charge in [-0.3, -0.25) is 9.48 Å². The predicted octanol–water partition coefficient (Wildman–Crippen LogP) is 3.24. The van der Waals surface area contributed by atoms with Gasteiger partial charge in [0.2, 0.25) is 11.8 Å². The summed E-state index contributed by atoms with van der Waals surface area (Å²) in [4.78, 5) is 21.9. The molecule has 0 bridgehead atoms.